The number of hydrogen-bond donors (Lipinski definition) is 1. The third-order valence-electron chi connectivity index (χ3n) is 10.3. The second kappa shape index (κ2) is 13.2. The van der Waals surface area contributed by atoms with E-state index in [0.717, 1.165) is 89.2 Å². The monoisotopic (exact) mass is 681 g/mol. The topological polar surface area (TPSA) is 40.5 Å². The number of fused-ring (bicyclic) bond motifs is 6. The fourth-order valence-electron chi connectivity index (χ4n) is 7.49. The molecule has 0 unspecified atom stereocenters. The largest absolute Gasteiger partial charge is 0.354 e. The quantitative estimate of drug-likeness (QED) is 0.193. The average Bonchev–Trinajstić information content (AvgIpc) is 3.96. The van der Waals surface area contributed by atoms with Crippen LogP contribution in [-0.2, 0) is 0 Å². The summed E-state index contributed by atoms with van der Waals surface area (Å²) in [5.74, 6) is 0. The maximum absolute atomic E-state index is 5.45. The van der Waals surface area contributed by atoms with Crippen molar-refractivity contribution in [3.8, 4) is 0 Å². The highest BCUT2D eigenvalue weighted by molar-refractivity contribution is 6.31. The van der Waals surface area contributed by atoms with Gasteiger partial charge in [-0.25, -0.2) is 9.98 Å². The Morgan fingerprint density at radius 3 is 1.04 bits per heavy atom. The van der Waals surface area contributed by atoms with E-state index in [2.05, 4.69) is 190 Å². The van der Waals surface area contributed by atoms with Gasteiger partial charge in [0, 0.05) is 33.0 Å². The Hall–Kier alpha value is -6.58. The normalized spacial score (nSPS) is 15.0. The van der Waals surface area contributed by atoms with Gasteiger partial charge in [0.25, 0.3) is 0 Å². The molecule has 6 aromatic rings. The number of nitrogens with zero attached hydrogens (tertiary/aromatic N) is 2. The first-order valence-corrected chi connectivity index (χ1v) is 18.2. The number of aliphatic imine (C=N–C) groups is 2. The van der Waals surface area contributed by atoms with Gasteiger partial charge >= 0.3 is 0 Å². The highest BCUT2D eigenvalue weighted by atomic mass is 14.8. The van der Waals surface area contributed by atoms with Crippen LogP contribution in [0.2, 0.25) is 0 Å². The van der Waals surface area contributed by atoms with Crippen LogP contribution in [0, 0.1) is 27.7 Å². The molecule has 3 nitrogen and oxygen atoms in total. The summed E-state index contributed by atoms with van der Waals surface area (Å²) in [6, 6.07) is 48.3. The van der Waals surface area contributed by atoms with Gasteiger partial charge in [0.05, 0.1) is 22.8 Å². The summed E-state index contributed by atoms with van der Waals surface area (Å²) in [4.78, 5) is 14.8. The molecule has 0 radical (unpaired) electrons. The van der Waals surface area contributed by atoms with Crippen molar-refractivity contribution < 1.29 is 0 Å². The molecule has 0 aliphatic carbocycles. The molecule has 9 rings (SSSR count). The van der Waals surface area contributed by atoms with Crippen LogP contribution in [0.15, 0.2) is 179 Å². The van der Waals surface area contributed by atoms with Crippen LogP contribution in [0.3, 0.4) is 0 Å². The van der Waals surface area contributed by atoms with Crippen LogP contribution < -0.4 is 10.7 Å². The number of benzene rings is 5. The molecule has 0 spiro atoms. The maximum atomic E-state index is 5.45. The fraction of sp³-hybridized carbons (Fsp3) is 0.0800. The van der Waals surface area contributed by atoms with Gasteiger partial charge in [-0.3, -0.25) is 0 Å². The Balaban J connectivity index is 1.42. The number of aromatic nitrogens is 1. The van der Waals surface area contributed by atoms with Crippen molar-refractivity contribution in [2.24, 2.45) is 9.98 Å². The van der Waals surface area contributed by atoms with Crippen molar-refractivity contribution >= 4 is 33.7 Å². The highest BCUT2D eigenvalue weighted by Gasteiger charge is 2.22. The van der Waals surface area contributed by atoms with E-state index in [1.54, 1.807) is 0 Å². The van der Waals surface area contributed by atoms with Crippen LogP contribution in [0.4, 0.5) is 0 Å². The van der Waals surface area contributed by atoms with Gasteiger partial charge in [-0.15, -0.1) is 0 Å². The molecule has 3 aliphatic rings. The predicted molar refractivity (Wildman–Crippen MR) is 221 cm³/mol. The summed E-state index contributed by atoms with van der Waals surface area (Å²) in [6.07, 6.45) is 8.68. The molecule has 254 valence electrons. The van der Waals surface area contributed by atoms with Crippen molar-refractivity contribution in [3.63, 3.8) is 0 Å². The molecule has 1 aromatic heterocycles. The standard InChI is InChI=1S/C50H39N3/c1-31-8-16-35(17-9-31)47-39-6-5-7-40(30-39)48(36-18-10-32(2)11-19-36)42-25-27-44(52-42)50(38-22-14-34(4)15-23-38)46-29-28-45(53-46)49(43-26-24-41(47)51-43)37-20-12-33(3)13-21-37/h5-30,53H,1-4H3. The molecule has 0 saturated heterocycles. The second-order valence-electron chi connectivity index (χ2n) is 14.3. The first kappa shape index (κ1) is 32.3. The van der Waals surface area contributed by atoms with Crippen LogP contribution in [0.25, 0.3) is 22.3 Å². The molecule has 8 bridgehead atoms. The Kier molecular flexibility index (Phi) is 8.05. The summed E-state index contributed by atoms with van der Waals surface area (Å²) in [6.45, 7) is 8.52. The summed E-state index contributed by atoms with van der Waals surface area (Å²) in [7, 11) is 0. The molecular weight excluding hydrogens is 643 g/mol. The number of nitrogens with one attached hydrogen (secondary N) is 1. The number of rotatable bonds is 4. The highest BCUT2D eigenvalue weighted by Crippen LogP contribution is 2.37. The van der Waals surface area contributed by atoms with E-state index in [9.17, 15) is 0 Å². The molecular formula is C50H39N3. The third kappa shape index (κ3) is 6.11. The smallest absolute Gasteiger partial charge is 0.0737 e. The minimum atomic E-state index is 0.919. The molecule has 53 heavy (non-hydrogen) atoms. The van der Waals surface area contributed by atoms with E-state index in [1.807, 2.05) is 0 Å². The third-order valence-corrected chi connectivity index (χ3v) is 10.3. The molecule has 3 heteroatoms. The molecule has 1 N–H and O–H groups in total. The number of hydrogen-bond acceptors (Lipinski definition) is 2. The lowest BCUT2D eigenvalue weighted by Gasteiger charge is -2.16. The first-order valence-electron chi connectivity index (χ1n) is 18.2. The lowest BCUT2D eigenvalue weighted by Crippen LogP contribution is -2.21. The van der Waals surface area contributed by atoms with Gasteiger partial charge in [0.1, 0.15) is 0 Å². The van der Waals surface area contributed by atoms with Crippen molar-refractivity contribution in [2.45, 2.75) is 27.7 Å². The zero-order valence-corrected chi connectivity index (χ0v) is 30.4. The maximum Gasteiger partial charge on any atom is 0.0737 e. The Bertz CT molecular complexity index is 2550. The van der Waals surface area contributed by atoms with E-state index in [4.69, 9.17) is 9.98 Å². The molecule has 0 atom stereocenters. The number of aromatic amines is 1. The molecule has 3 aliphatic heterocycles. The lowest BCUT2D eigenvalue weighted by atomic mass is 9.90. The Labute approximate surface area is 310 Å². The van der Waals surface area contributed by atoms with Gasteiger partial charge in [0.15, 0.2) is 0 Å². The van der Waals surface area contributed by atoms with Crippen LogP contribution >= 0.6 is 0 Å². The minimum Gasteiger partial charge on any atom is -0.354 e. The lowest BCUT2D eigenvalue weighted by molar-refractivity contribution is 1.25. The molecule has 4 heterocycles. The van der Waals surface area contributed by atoms with Crippen molar-refractivity contribution in [1.82, 2.24) is 4.98 Å². The molecule has 5 aromatic carbocycles. The Morgan fingerprint density at radius 2 is 0.679 bits per heavy atom. The predicted octanol–water partition coefficient (Wildman–Crippen LogP) is 9.90. The number of aryl methyl sites for hydroxylation is 4. The van der Waals surface area contributed by atoms with Crippen LogP contribution in [-0.4, -0.2) is 16.4 Å². The fourth-order valence-corrected chi connectivity index (χ4v) is 7.49. The zero-order chi connectivity index (χ0) is 36.1. The van der Waals surface area contributed by atoms with Crippen LogP contribution in [0.5, 0.6) is 0 Å². The second-order valence-corrected chi connectivity index (χ2v) is 14.3. The summed E-state index contributed by atoms with van der Waals surface area (Å²) < 4.78 is 0. The Morgan fingerprint density at radius 1 is 0.340 bits per heavy atom. The van der Waals surface area contributed by atoms with Crippen molar-refractivity contribution in [1.29, 1.82) is 0 Å². The molecule has 0 fully saturated rings. The van der Waals surface area contributed by atoms with Gasteiger partial charge in [-0.1, -0.05) is 138 Å². The van der Waals surface area contributed by atoms with Gasteiger partial charge in [0.2, 0.25) is 0 Å². The van der Waals surface area contributed by atoms with Gasteiger partial charge in [-0.2, -0.15) is 0 Å². The van der Waals surface area contributed by atoms with Crippen LogP contribution in [0.1, 0.15) is 55.6 Å². The first-order chi connectivity index (χ1) is 25.9. The van der Waals surface area contributed by atoms with E-state index in [1.165, 1.54) is 22.3 Å². The van der Waals surface area contributed by atoms with Crippen molar-refractivity contribution in [2.75, 3.05) is 0 Å². The number of H-pyrrole nitrogens is 1. The van der Waals surface area contributed by atoms with Gasteiger partial charge in [-0.05, 0) is 104 Å². The zero-order valence-electron chi connectivity index (χ0n) is 30.4. The minimum absolute atomic E-state index is 0.919. The van der Waals surface area contributed by atoms with Gasteiger partial charge < -0.3 is 4.98 Å². The molecule has 0 saturated carbocycles. The average molecular weight is 682 g/mol. The van der Waals surface area contributed by atoms with E-state index in [-0.39, 0.29) is 0 Å². The number of allylic oxidation sites excluding steroid dienone is 4. The SMILES string of the molecule is Cc1ccc(C2=C3C=CC(=N3)C(c3ccc(C)cc3)=c3ccc([nH]3)=C(c3ccc(C)cc3)C3=NC(=C(c4ccc(C)cc4)c4cccc2c4)C=C3)cc1. The summed E-state index contributed by atoms with van der Waals surface area (Å²) in [5, 5.41) is 2.01. The van der Waals surface area contributed by atoms with E-state index >= 15 is 0 Å². The van der Waals surface area contributed by atoms with E-state index in [0.29, 0.717) is 0 Å². The molecule has 0 amide bonds. The summed E-state index contributed by atoms with van der Waals surface area (Å²) in [5.41, 5.74) is 19.6. The van der Waals surface area contributed by atoms with E-state index < -0.39 is 0 Å². The van der Waals surface area contributed by atoms with Crippen molar-refractivity contribution in [3.05, 3.63) is 235 Å². The summed E-state index contributed by atoms with van der Waals surface area (Å²) >= 11 is 0.